The lowest BCUT2D eigenvalue weighted by atomic mass is 9.46. The molecule has 4 aliphatic carbocycles. The van der Waals surface area contributed by atoms with E-state index in [4.69, 9.17) is 0 Å². The Morgan fingerprint density at radius 2 is 1.33 bits per heavy atom. The van der Waals surface area contributed by atoms with E-state index in [1.54, 1.807) is 0 Å². The summed E-state index contributed by atoms with van der Waals surface area (Å²) in [4.78, 5) is 14.5. The number of rotatable bonds is 2. The van der Waals surface area contributed by atoms with Crippen LogP contribution in [0.5, 0.6) is 0 Å². The molecule has 0 unspecified atom stereocenters. The van der Waals surface area contributed by atoms with Gasteiger partial charge in [0.15, 0.2) is 5.78 Å². The monoisotopic (exact) mass is 672 g/mol. The van der Waals surface area contributed by atoms with Crippen molar-refractivity contribution >= 4 is 70.0 Å². The number of ketones is 1. The summed E-state index contributed by atoms with van der Waals surface area (Å²) in [5.74, 6) is 0.0552. The average molecular weight is 674 g/mol. The zero-order chi connectivity index (χ0) is 29.3. The summed E-state index contributed by atoms with van der Waals surface area (Å²) in [5.41, 5.74) is 7.13. The molecule has 0 aliphatic heterocycles. The maximum Gasteiger partial charge on any atom is 0.193 e. The Hall–Kier alpha value is -3.27. The summed E-state index contributed by atoms with van der Waals surface area (Å²) in [6, 6.07) is 19.1. The largest absolute Gasteiger partial charge is 0.289 e. The smallest absolute Gasteiger partial charge is 0.193 e. The number of Topliss-reactive ketones (excluding diaryl/α,β-unsaturated/α-hetero) is 1. The highest BCUT2D eigenvalue weighted by molar-refractivity contribution is 9.12. The van der Waals surface area contributed by atoms with E-state index in [0.29, 0.717) is 0 Å². The van der Waals surface area contributed by atoms with Gasteiger partial charge in [0.05, 0.1) is 0 Å². The Labute approximate surface area is 263 Å². The number of carbonyl (C=O) groups is 1. The van der Waals surface area contributed by atoms with Crippen molar-refractivity contribution in [2.24, 2.45) is 16.2 Å². The fourth-order valence-electron chi connectivity index (χ4n) is 7.80. The molecule has 4 aliphatic rings. The molecule has 0 saturated heterocycles. The van der Waals surface area contributed by atoms with Gasteiger partial charge in [-0.3, -0.25) is 4.79 Å². The summed E-state index contributed by atoms with van der Waals surface area (Å²) in [6.45, 7) is 11.5. The Kier molecular flexibility index (Phi) is 5.29. The van der Waals surface area contributed by atoms with Gasteiger partial charge in [0.25, 0.3) is 0 Å². The maximum atomic E-state index is 14.5. The van der Waals surface area contributed by atoms with E-state index in [-0.39, 0.29) is 22.0 Å². The lowest BCUT2D eigenvalue weighted by Crippen LogP contribution is -2.49. The molecule has 0 fully saturated rings. The zero-order valence-corrected chi connectivity index (χ0v) is 27.5. The Bertz CT molecular complexity index is 2150. The SMILES string of the molecule is CC(C)(C)C1=CC2=C(Br)C=C3C=C(C(=O)c4ccc5ccc6cccc7ccc4c5c67)C=C4C(Br)=CC(=C1)[C@]2(C)[C@]34C. The summed E-state index contributed by atoms with van der Waals surface area (Å²) in [5, 5.41) is 6.98. The molecule has 0 N–H and O–H groups in total. The average Bonchev–Trinajstić information content (AvgIpc) is 2.95. The van der Waals surface area contributed by atoms with Gasteiger partial charge in [0.2, 0.25) is 0 Å². The van der Waals surface area contributed by atoms with Gasteiger partial charge in [-0.1, -0.05) is 127 Å². The summed E-state index contributed by atoms with van der Waals surface area (Å²) >= 11 is 7.93. The van der Waals surface area contributed by atoms with E-state index in [1.165, 1.54) is 38.3 Å². The second kappa shape index (κ2) is 8.42. The van der Waals surface area contributed by atoms with Crippen molar-refractivity contribution in [2.45, 2.75) is 34.6 Å². The van der Waals surface area contributed by atoms with Gasteiger partial charge >= 0.3 is 0 Å². The molecule has 0 aromatic heterocycles. The molecule has 0 spiro atoms. The Morgan fingerprint density at radius 1 is 0.690 bits per heavy atom. The van der Waals surface area contributed by atoms with Crippen molar-refractivity contribution in [1.82, 2.24) is 0 Å². The number of halogens is 2. The van der Waals surface area contributed by atoms with E-state index < -0.39 is 0 Å². The van der Waals surface area contributed by atoms with Crippen LogP contribution in [0.1, 0.15) is 45.0 Å². The lowest BCUT2D eigenvalue weighted by molar-refractivity contribution is 0.103. The zero-order valence-electron chi connectivity index (χ0n) is 24.3. The lowest BCUT2D eigenvalue weighted by Gasteiger charge is -2.58. The third-order valence-electron chi connectivity index (χ3n) is 10.4. The molecule has 0 heterocycles. The van der Waals surface area contributed by atoms with Crippen molar-refractivity contribution in [2.75, 3.05) is 0 Å². The van der Waals surface area contributed by atoms with E-state index >= 15 is 0 Å². The third-order valence-corrected chi connectivity index (χ3v) is 11.7. The van der Waals surface area contributed by atoms with Gasteiger partial charge in [-0.2, -0.15) is 0 Å². The van der Waals surface area contributed by atoms with Crippen molar-refractivity contribution in [1.29, 1.82) is 0 Å². The normalized spacial score (nSPS) is 25.1. The van der Waals surface area contributed by atoms with Crippen LogP contribution < -0.4 is 0 Å². The van der Waals surface area contributed by atoms with Gasteiger partial charge in [-0.15, -0.1) is 0 Å². The van der Waals surface area contributed by atoms with Crippen LogP contribution in [0.25, 0.3) is 32.3 Å². The molecule has 0 saturated carbocycles. The molecule has 42 heavy (non-hydrogen) atoms. The molecule has 4 aromatic carbocycles. The first-order valence-electron chi connectivity index (χ1n) is 14.5. The van der Waals surface area contributed by atoms with E-state index in [0.717, 1.165) is 42.0 Å². The number of benzene rings is 4. The fraction of sp³-hybridized carbons (Fsp3) is 0.205. The molecule has 2 atom stereocenters. The summed E-state index contributed by atoms with van der Waals surface area (Å²) < 4.78 is 2.13. The first-order valence-corrected chi connectivity index (χ1v) is 16.1. The highest BCUT2D eigenvalue weighted by atomic mass is 79.9. The van der Waals surface area contributed by atoms with E-state index in [2.05, 4.69) is 151 Å². The minimum absolute atomic E-state index is 0.0304. The van der Waals surface area contributed by atoms with Gasteiger partial charge in [-0.05, 0) is 96.0 Å². The van der Waals surface area contributed by atoms with Crippen LogP contribution in [-0.2, 0) is 0 Å². The molecular formula is C39H30Br2O. The third kappa shape index (κ3) is 3.22. The molecule has 1 nitrogen and oxygen atoms in total. The maximum absolute atomic E-state index is 14.5. The molecule has 0 radical (unpaired) electrons. The quantitative estimate of drug-likeness (QED) is 0.153. The number of allylic oxidation sites excluding steroid dienone is 14. The second-order valence-electron chi connectivity index (χ2n) is 13.5. The van der Waals surface area contributed by atoms with Gasteiger partial charge in [0, 0.05) is 30.9 Å². The van der Waals surface area contributed by atoms with E-state index in [9.17, 15) is 4.79 Å². The minimum Gasteiger partial charge on any atom is -0.289 e. The van der Waals surface area contributed by atoms with Crippen LogP contribution >= 0.6 is 31.9 Å². The van der Waals surface area contributed by atoms with Crippen LogP contribution in [0.3, 0.4) is 0 Å². The molecular weight excluding hydrogens is 644 g/mol. The van der Waals surface area contributed by atoms with Gasteiger partial charge in [0.1, 0.15) is 0 Å². The van der Waals surface area contributed by atoms with Crippen LogP contribution in [0.4, 0.5) is 0 Å². The van der Waals surface area contributed by atoms with Crippen LogP contribution in [0.2, 0.25) is 0 Å². The molecule has 206 valence electrons. The highest BCUT2D eigenvalue weighted by Crippen LogP contribution is 2.69. The fourth-order valence-corrected chi connectivity index (χ4v) is 9.32. The standard InChI is InChI=1S/C39H30Br2O/c1-37(2,3)25-17-27-20-32(40)30-16-24(15-26-19-33(41)31(18-25)39(27,5)38(26,30)4)36(42)29-14-12-23-10-9-21-7-6-8-22-11-13-28(29)35(23)34(21)22/h6-20H,1-5H3/t38-,39+/m1/s1. The summed E-state index contributed by atoms with van der Waals surface area (Å²) in [7, 11) is 0. The number of hydrogen-bond donors (Lipinski definition) is 0. The van der Waals surface area contributed by atoms with Crippen molar-refractivity contribution < 1.29 is 4.79 Å². The van der Waals surface area contributed by atoms with Gasteiger partial charge in [-0.25, -0.2) is 0 Å². The van der Waals surface area contributed by atoms with Crippen molar-refractivity contribution in [3.63, 3.8) is 0 Å². The molecule has 0 amide bonds. The minimum atomic E-state index is -0.328. The molecule has 4 aromatic rings. The predicted molar refractivity (Wildman–Crippen MR) is 184 cm³/mol. The van der Waals surface area contributed by atoms with E-state index in [1.807, 2.05) is 6.07 Å². The second-order valence-corrected chi connectivity index (χ2v) is 15.2. The predicted octanol–water partition coefficient (Wildman–Crippen LogP) is 11.4. The molecule has 8 rings (SSSR count). The first kappa shape index (κ1) is 26.4. The van der Waals surface area contributed by atoms with Crippen LogP contribution in [-0.4, -0.2) is 5.78 Å². The molecule has 0 bridgehead atoms. The van der Waals surface area contributed by atoms with Crippen LogP contribution in [0.15, 0.2) is 133 Å². The van der Waals surface area contributed by atoms with Crippen LogP contribution in [0, 0.1) is 16.2 Å². The molecule has 3 heteroatoms. The number of hydrogen-bond acceptors (Lipinski definition) is 1. The highest BCUT2D eigenvalue weighted by Gasteiger charge is 2.59. The Balaban J connectivity index is 1.35. The van der Waals surface area contributed by atoms with Crippen molar-refractivity contribution in [3.8, 4) is 0 Å². The summed E-state index contributed by atoms with van der Waals surface area (Å²) in [6.07, 6.45) is 13.6. The Morgan fingerprint density at radius 3 is 2.05 bits per heavy atom. The first-order chi connectivity index (χ1) is 19.9. The number of carbonyl (C=O) groups excluding carboxylic acids is 1. The van der Waals surface area contributed by atoms with Gasteiger partial charge < -0.3 is 0 Å². The van der Waals surface area contributed by atoms with Crippen molar-refractivity contribution in [3.05, 3.63) is 139 Å². The topological polar surface area (TPSA) is 17.1 Å².